The number of anilines is 2. The van der Waals surface area contributed by atoms with Gasteiger partial charge < -0.3 is 24.7 Å². The number of nitrogens with zero attached hydrogens (tertiary/aromatic N) is 3. The highest BCUT2D eigenvalue weighted by molar-refractivity contribution is 7.99. The average molecular weight is 502 g/mol. The van der Waals surface area contributed by atoms with Gasteiger partial charge in [0.25, 0.3) is 0 Å². The number of amides is 2. The number of nitrogens with one attached hydrogen (secondary N) is 2. The Hall–Kier alpha value is -3.50. The molecule has 9 nitrogen and oxygen atoms in total. The number of thioether (sulfide) groups is 1. The van der Waals surface area contributed by atoms with Crippen LogP contribution in [-0.2, 0) is 22.6 Å². The van der Waals surface area contributed by atoms with Crippen LogP contribution in [0.2, 0.25) is 5.02 Å². The molecule has 0 spiro atoms. The zero-order valence-electron chi connectivity index (χ0n) is 18.7. The van der Waals surface area contributed by atoms with Crippen LogP contribution in [0.3, 0.4) is 0 Å². The number of allylic oxidation sites excluding steroid dienone is 1. The number of para-hydroxylation sites is 2. The molecule has 0 aliphatic carbocycles. The molecule has 2 amide bonds. The first-order valence-corrected chi connectivity index (χ1v) is 11.5. The van der Waals surface area contributed by atoms with E-state index in [9.17, 15) is 9.59 Å². The van der Waals surface area contributed by atoms with E-state index in [1.165, 1.54) is 26.0 Å². The van der Waals surface area contributed by atoms with Gasteiger partial charge in [0, 0.05) is 11.6 Å². The monoisotopic (exact) mass is 501 g/mol. The lowest BCUT2D eigenvalue weighted by molar-refractivity contribution is -0.116. The Morgan fingerprint density at radius 3 is 2.50 bits per heavy atom. The first kappa shape index (κ1) is 25.1. The molecule has 0 fully saturated rings. The van der Waals surface area contributed by atoms with E-state index in [-0.39, 0.29) is 24.0 Å². The van der Waals surface area contributed by atoms with Crippen molar-refractivity contribution in [1.29, 1.82) is 0 Å². The van der Waals surface area contributed by atoms with Gasteiger partial charge in [0.05, 0.1) is 37.8 Å². The minimum Gasteiger partial charge on any atom is -0.495 e. The summed E-state index contributed by atoms with van der Waals surface area (Å²) in [5.74, 6) is 1.03. The quantitative estimate of drug-likeness (QED) is 0.301. The maximum absolute atomic E-state index is 12.6. The van der Waals surface area contributed by atoms with Gasteiger partial charge in [0.15, 0.2) is 5.16 Å². The average Bonchev–Trinajstić information content (AvgIpc) is 3.19. The van der Waals surface area contributed by atoms with Crippen LogP contribution < -0.4 is 20.1 Å². The van der Waals surface area contributed by atoms with Crippen LogP contribution in [-0.4, -0.2) is 46.6 Å². The topological polar surface area (TPSA) is 107 Å². The fourth-order valence-corrected chi connectivity index (χ4v) is 3.99. The second-order valence-electron chi connectivity index (χ2n) is 6.90. The fraction of sp³-hybridized carbons (Fsp3) is 0.217. The number of aromatic nitrogens is 3. The molecule has 2 N–H and O–H groups in total. The van der Waals surface area contributed by atoms with Crippen molar-refractivity contribution in [2.75, 3.05) is 30.6 Å². The van der Waals surface area contributed by atoms with Gasteiger partial charge in [-0.3, -0.25) is 9.59 Å². The van der Waals surface area contributed by atoms with E-state index in [4.69, 9.17) is 21.1 Å². The molecule has 0 atom stereocenters. The molecule has 0 saturated heterocycles. The van der Waals surface area contributed by atoms with Gasteiger partial charge in [-0.1, -0.05) is 41.6 Å². The summed E-state index contributed by atoms with van der Waals surface area (Å²) >= 11 is 7.21. The Bertz CT molecular complexity index is 1180. The van der Waals surface area contributed by atoms with E-state index >= 15 is 0 Å². The standard InChI is InChI=1S/C23H24ClN5O4S/c1-4-11-29-20(13-21(30)25-16-7-5-6-8-18(16)32-2)27-28-23(29)34-14-22(31)26-17-12-15(24)9-10-19(17)33-3/h4-10,12H,1,11,13-14H2,2-3H3,(H,25,30)(H,26,31). The van der Waals surface area contributed by atoms with Crippen molar-refractivity contribution in [1.82, 2.24) is 14.8 Å². The predicted molar refractivity (Wildman–Crippen MR) is 133 cm³/mol. The summed E-state index contributed by atoms with van der Waals surface area (Å²) in [6, 6.07) is 12.1. The van der Waals surface area contributed by atoms with Crippen molar-refractivity contribution in [3.63, 3.8) is 0 Å². The largest absolute Gasteiger partial charge is 0.495 e. The van der Waals surface area contributed by atoms with Crippen LogP contribution >= 0.6 is 23.4 Å². The van der Waals surface area contributed by atoms with Crippen molar-refractivity contribution < 1.29 is 19.1 Å². The van der Waals surface area contributed by atoms with Crippen molar-refractivity contribution in [3.8, 4) is 11.5 Å². The third-order valence-corrected chi connectivity index (χ3v) is 5.77. The van der Waals surface area contributed by atoms with Crippen molar-refractivity contribution >= 4 is 46.6 Å². The predicted octanol–water partition coefficient (Wildman–Crippen LogP) is 4.05. The van der Waals surface area contributed by atoms with Crippen molar-refractivity contribution in [2.45, 2.75) is 18.1 Å². The Balaban J connectivity index is 1.65. The molecule has 1 aromatic heterocycles. The highest BCUT2D eigenvalue weighted by Gasteiger charge is 2.17. The molecule has 178 valence electrons. The summed E-state index contributed by atoms with van der Waals surface area (Å²) in [6.07, 6.45) is 1.66. The molecule has 0 bridgehead atoms. The molecule has 3 rings (SSSR count). The third-order valence-electron chi connectivity index (χ3n) is 4.57. The molecule has 3 aromatic rings. The lowest BCUT2D eigenvalue weighted by Crippen LogP contribution is -2.18. The Kier molecular flexibility index (Phi) is 8.94. The van der Waals surface area contributed by atoms with Crippen LogP contribution in [0.25, 0.3) is 0 Å². The van der Waals surface area contributed by atoms with Crippen LogP contribution in [0.5, 0.6) is 11.5 Å². The van der Waals surface area contributed by atoms with E-state index in [2.05, 4.69) is 27.4 Å². The molecule has 1 heterocycles. The molecule has 2 aromatic carbocycles. The summed E-state index contributed by atoms with van der Waals surface area (Å²) < 4.78 is 12.3. The summed E-state index contributed by atoms with van der Waals surface area (Å²) in [7, 11) is 3.05. The van der Waals surface area contributed by atoms with Gasteiger partial charge in [0.2, 0.25) is 11.8 Å². The normalized spacial score (nSPS) is 10.4. The Morgan fingerprint density at radius 2 is 1.76 bits per heavy atom. The smallest absolute Gasteiger partial charge is 0.234 e. The van der Waals surface area contributed by atoms with Crippen LogP contribution in [0.4, 0.5) is 11.4 Å². The summed E-state index contributed by atoms with van der Waals surface area (Å²) in [5.41, 5.74) is 1.04. The van der Waals surface area contributed by atoms with Gasteiger partial charge >= 0.3 is 0 Å². The fourth-order valence-electron chi connectivity index (χ4n) is 3.05. The third kappa shape index (κ3) is 6.52. The molecule has 11 heteroatoms. The van der Waals surface area contributed by atoms with Gasteiger partial charge in [-0.25, -0.2) is 0 Å². The van der Waals surface area contributed by atoms with E-state index in [0.717, 1.165) is 0 Å². The zero-order valence-corrected chi connectivity index (χ0v) is 20.3. The lowest BCUT2D eigenvalue weighted by Gasteiger charge is -2.11. The van der Waals surface area contributed by atoms with E-state index in [1.54, 1.807) is 47.0 Å². The lowest BCUT2D eigenvalue weighted by atomic mass is 10.2. The van der Waals surface area contributed by atoms with Crippen LogP contribution in [0.15, 0.2) is 60.3 Å². The number of carbonyl (C=O) groups is 2. The van der Waals surface area contributed by atoms with Crippen LogP contribution in [0.1, 0.15) is 5.82 Å². The first-order chi connectivity index (χ1) is 16.4. The van der Waals surface area contributed by atoms with Gasteiger partial charge in [-0.05, 0) is 30.3 Å². The van der Waals surface area contributed by atoms with Gasteiger partial charge in [-0.2, -0.15) is 0 Å². The van der Waals surface area contributed by atoms with Gasteiger partial charge in [-0.15, -0.1) is 16.8 Å². The molecule has 0 saturated carbocycles. The first-order valence-electron chi connectivity index (χ1n) is 10.2. The maximum Gasteiger partial charge on any atom is 0.234 e. The molecule has 0 aliphatic rings. The number of benzene rings is 2. The summed E-state index contributed by atoms with van der Waals surface area (Å²) in [5, 5.41) is 14.9. The van der Waals surface area contributed by atoms with Crippen molar-refractivity contribution in [3.05, 3.63) is 66.0 Å². The van der Waals surface area contributed by atoms with Crippen LogP contribution in [0, 0.1) is 0 Å². The zero-order chi connectivity index (χ0) is 24.5. The SMILES string of the molecule is C=CCn1c(CC(=O)Nc2ccccc2OC)nnc1SCC(=O)Nc1cc(Cl)ccc1OC. The molecule has 0 unspecified atom stereocenters. The summed E-state index contributed by atoms with van der Waals surface area (Å²) in [4.78, 5) is 25.1. The number of methoxy groups -OCH3 is 2. The summed E-state index contributed by atoms with van der Waals surface area (Å²) in [6.45, 7) is 4.14. The second-order valence-corrected chi connectivity index (χ2v) is 8.28. The molecule has 34 heavy (non-hydrogen) atoms. The second kappa shape index (κ2) is 12.1. The minimum absolute atomic E-state index is 0.00857. The van der Waals surface area contributed by atoms with E-state index < -0.39 is 0 Å². The number of ether oxygens (including phenoxy) is 2. The van der Waals surface area contributed by atoms with Gasteiger partial charge in [0.1, 0.15) is 17.3 Å². The number of rotatable bonds is 11. The number of hydrogen-bond acceptors (Lipinski definition) is 7. The molecule has 0 aliphatic heterocycles. The highest BCUT2D eigenvalue weighted by atomic mass is 35.5. The van der Waals surface area contributed by atoms with E-state index in [0.29, 0.717) is 45.4 Å². The molecule has 0 radical (unpaired) electrons. The number of hydrogen-bond donors (Lipinski definition) is 2. The highest BCUT2D eigenvalue weighted by Crippen LogP contribution is 2.28. The Labute approximate surface area is 206 Å². The molecular weight excluding hydrogens is 478 g/mol. The van der Waals surface area contributed by atoms with E-state index in [1.807, 2.05) is 6.07 Å². The number of halogens is 1. The van der Waals surface area contributed by atoms with Crippen molar-refractivity contribution in [2.24, 2.45) is 0 Å². The maximum atomic E-state index is 12.6. The number of carbonyl (C=O) groups excluding carboxylic acids is 2. The molecular formula is C23H24ClN5O4S. The minimum atomic E-state index is -0.274. The Morgan fingerprint density at radius 1 is 1.06 bits per heavy atom.